The molecule has 7 heteroatoms. The number of thioether (sulfide) groups is 1. The SMILES string of the molecule is C[C@H](Sc1nc2sc3c(c2c(=O)n1C)CCCC3)C(=O)N1CCCC1. The van der Waals surface area contributed by atoms with Crippen molar-refractivity contribution in [3.05, 3.63) is 20.8 Å². The van der Waals surface area contributed by atoms with Gasteiger partial charge in [0, 0.05) is 25.0 Å². The molecule has 1 fully saturated rings. The molecule has 1 aliphatic heterocycles. The molecule has 1 aliphatic carbocycles. The Morgan fingerprint density at radius 1 is 1.20 bits per heavy atom. The molecule has 0 bridgehead atoms. The molecule has 5 nitrogen and oxygen atoms in total. The van der Waals surface area contributed by atoms with E-state index in [1.165, 1.54) is 28.6 Å². The molecule has 3 heterocycles. The summed E-state index contributed by atoms with van der Waals surface area (Å²) in [4.78, 5) is 34.3. The largest absolute Gasteiger partial charge is 0.342 e. The zero-order valence-electron chi connectivity index (χ0n) is 14.7. The van der Waals surface area contributed by atoms with Crippen LogP contribution in [0.5, 0.6) is 0 Å². The van der Waals surface area contributed by atoms with E-state index in [2.05, 4.69) is 0 Å². The highest BCUT2D eigenvalue weighted by atomic mass is 32.2. The van der Waals surface area contributed by atoms with Gasteiger partial charge >= 0.3 is 0 Å². The molecule has 1 saturated heterocycles. The first kappa shape index (κ1) is 17.1. The fourth-order valence-corrected chi connectivity index (χ4v) is 6.04. The van der Waals surface area contributed by atoms with Crippen LogP contribution in [-0.2, 0) is 24.7 Å². The van der Waals surface area contributed by atoms with Gasteiger partial charge in [0.05, 0.1) is 10.6 Å². The molecular weight excluding hydrogens is 354 g/mol. The smallest absolute Gasteiger partial charge is 0.262 e. The van der Waals surface area contributed by atoms with E-state index in [1.54, 1.807) is 23.0 Å². The number of aryl methyl sites for hydroxylation is 2. The number of nitrogens with zero attached hydrogens (tertiary/aromatic N) is 3. The van der Waals surface area contributed by atoms with Crippen molar-refractivity contribution >= 4 is 39.2 Å². The topological polar surface area (TPSA) is 55.2 Å². The van der Waals surface area contributed by atoms with Gasteiger partial charge in [0.1, 0.15) is 4.83 Å². The summed E-state index contributed by atoms with van der Waals surface area (Å²) in [6, 6.07) is 0. The van der Waals surface area contributed by atoms with Crippen molar-refractivity contribution in [1.82, 2.24) is 14.5 Å². The van der Waals surface area contributed by atoms with E-state index in [9.17, 15) is 9.59 Å². The number of aromatic nitrogens is 2. The van der Waals surface area contributed by atoms with Crippen LogP contribution in [0.25, 0.3) is 10.2 Å². The zero-order chi connectivity index (χ0) is 17.6. The first-order valence-corrected chi connectivity index (χ1v) is 10.7. The standard InChI is InChI=1S/C18H23N3O2S2/c1-11(16(22)21-9-5-6-10-21)24-18-19-15-14(17(23)20(18)2)12-7-3-4-8-13(12)25-15/h11H,3-10H2,1-2H3/t11-/m0/s1. The van der Waals surface area contributed by atoms with Crippen LogP contribution >= 0.6 is 23.1 Å². The number of hydrogen-bond acceptors (Lipinski definition) is 5. The summed E-state index contributed by atoms with van der Waals surface area (Å²) in [5.74, 6) is 0.155. The lowest BCUT2D eigenvalue weighted by Gasteiger charge is -2.20. The Labute approximate surface area is 155 Å². The first-order valence-electron chi connectivity index (χ1n) is 9.03. The lowest BCUT2D eigenvalue weighted by atomic mass is 9.97. The van der Waals surface area contributed by atoms with Gasteiger partial charge in [-0.2, -0.15) is 0 Å². The quantitative estimate of drug-likeness (QED) is 0.610. The molecule has 4 rings (SSSR count). The summed E-state index contributed by atoms with van der Waals surface area (Å²) in [6.07, 6.45) is 6.58. The second-order valence-electron chi connectivity index (χ2n) is 6.94. The molecule has 2 aromatic rings. The molecule has 0 unspecified atom stereocenters. The highest BCUT2D eigenvalue weighted by molar-refractivity contribution is 8.00. The minimum Gasteiger partial charge on any atom is -0.342 e. The van der Waals surface area contributed by atoms with E-state index in [1.807, 2.05) is 11.8 Å². The second-order valence-corrected chi connectivity index (χ2v) is 9.33. The Morgan fingerprint density at radius 2 is 1.92 bits per heavy atom. The van der Waals surface area contributed by atoms with Crippen molar-refractivity contribution < 1.29 is 4.79 Å². The van der Waals surface area contributed by atoms with Crippen LogP contribution in [0.2, 0.25) is 0 Å². The minimum absolute atomic E-state index is 0.0349. The maximum absolute atomic E-state index is 12.9. The maximum Gasteiger partial charge on any atom is 0.262 e. The number of thiophene rings is 1. The van der Waals surface area contributed by atoms with E-state index in [-0.39, 0.29) is 16.7 Å². The molecule has 0 aromatic carbocycles. The highest BCUT2D eigenvalue weighted by Crippen LogP contribution is 2.35. The summed E-state index contributed by atoms with van der Waals surface area (Å²) in [7, 11) is 1.77. The average Bonchev–Trinajstić information content (AvgIpc) is 3.26. The summed E-state index contributed by atoms with van der Waals surface area (Å²) < 4.78 is 1.63. The number of carbonyl (C=O) groups excluding carboxylic acids is 1. The predicted octanol–water partition coefficient (Wildman–Crippen LogP) is 2.98. The van der Waals surface area contributed by atoms with Gasteiger partial charge in [-0.05, 0) is 51.0 Å². The number of fused-ring (bicyclic) bond motifs is 3. The van der Waals surface area contributed by atoms with Crippen LogP contribution in [0.3, 0.4) is 0 Å². The van der Waals surface area contributed by atoms with Crippen molar-refractivity contribution in [3.63, 3.8) is 0 Å². The fourth-order valence-electron chi connectivity index (χ4n) is 3.78. The summed E-state index contributed by atoms with van der Waals surface area (Å²) in [5.41, 5.74) is 1.25. The zero-order valence-corrected chi connectivity index (χ0v) is 16.3. The number of hydrogen-bond donors (Lipinski definition) is 0. The van der Waals surface area contributed by atoms with Crippen LogP contribution < -0.4 is 5.56 Å². The van der Waals surface area contributed by atoms with E-state index in [0.29, 0.717) is 5.16 Å². The van der Waals surface area contributed by atoms with Crippen LogP contribution in [0.1, 0.15) is 43.0 Å². The Kier molecular flexibility index (Phi) is 4.62. The van der Waals surface area contributed by atoms with Crippen LogP contribution in [0.15, 0.2) is 9.95 Å². The van der Waals surface area contributed by atoms with Gasteiger partial charge in [-0.15, -0.1) is 11.3 Å². The number of likely N-dealkylation sites (tertiary alicyclic amines) is 1. The van der Waals surface area contributed by atoms with Crippen LogP contribution in [0, 0.1) is 0 Å². The molecule has 0 spiro atoms. The summed E-state index contributed by atoms with van der Waals surface area (Å²) >= 11 is 3.07. The number of rotatable bonds is 3. The number of amides is 1. The van der Waals surface area contributed by atoms with Crippen molar-refractivity contribution in [2.45, 2.75) is 55.9 Å². The van der Waals surface area contributed by atoms with Crippen molar-refractivity contribution in [1.29, 1.82) is 0 Å². The summed E-state index contributed by atoms with van der Waals surface area (Å²) in [5, 5.41) is 1.24. The van der Waals surface area contributed by atoms with Gasteiger partial charge in [0.2, 0.25) is 5.91 Å². The third kappa shape index (κ3) is 3.01. The third-order valence-corrected chi connectivity index (χ3v) is 7.52. The van der Waals surface area contributed by atoms with Gasteiger partial charge in [0.25, 0.3) is 5.56 Å². The Morgan fingerprint density at radius 3 is 2.68 bits per heavy atom. The van der Waals surface area contributed by atoms with E-state index < -0.39 is 0 Å². The predicted molar refractivity (Wildman–Crippen MR) is 103 cm³/mol. The average molecular weight is 378 g/mol. The van der Waals surface area contributed by atoms with E-state index in [4.69, 9.17) is 4.98 Å². The van der Waals surface area contributed by atoms with Gasteiger partial charge in [-0.25, -0.2) is 4.98 Å². The number of carbonyl (C=O) groups is 1. The molecule has 2 aliphatic rings. The Bertz CT molecular complexity index is 881. The van der Waals surface area contributed by atoms with Gasteiger partial charge in [0.15, 0.2) is 5.16 Å². The van der Waals surface area contributed by atoms with Crippen molar-refractivity contribution in [2.75, 3.05) is 13.1 Å². The Hall–Kier alpha value is -1.34. The molecule has 134 valence electrons. The van der Waals surface area contributed by atoms with Gasteiger partial charge < -0.3 is 4.90 Å². The monoisotopic (exact) mass is 377 g/mol. The highest BCUT2D eigenvalue weighted by Gasteiger charge is 2.26. The van der Waals surface area contributed by atoms with Crippen LogP contribution in [0.4, 0.5) is 0 Å². The molecule has 2 aromatic heterocycles. The molecule has 1 amide bonds. The van der Waals surface area contributed by atoms with E-state index >= 15 is 0 Å². The molecule has 0 radical (unpaired) electrons. The first-order chi connectivity index (χ1) is 12.1. The fraction of sp³-hybridized carbons (Fsp3) is 0.611. The Balaban J connectivity index is 1.67. The maximum atomic E-state index is 12.9. The van der Waals surface area contributed by atoms with Gasteiger partial charge in [-0.1, -0.05) is 11.8 Å². The van der Waals surface area contributed by atoms with Crippen molar-refractivity contribution in [3.8, 4) is 0 Å². The minimum atomic E-state index is -0.219. The molecule has 0 saturated carbocycles. The molecular formula is C18H23N3O2S2. The lowest BCUT2D eigenvalue weighted by Crippen LogP contribution is -2.34. The second kappa shape index (κ2) is 6.76. The van der Waals surface area contributed by atoms with Gasteiger partial charge in [-0.3, -0.25) is 14.2 Å². The lowest BCUT2D eigenvalue weighted by molar-refractivity contribution is -0.129. The van der Waals surface area contributed by atoms with E-state index in [0.717, 1.165) is 55.4 Å². The molecule has 0 N–H and O–H groups in total. The normalized spacial score (nSPS) is 18.6. The molecule has 25 heavy (non-hydrogen) atoms. The summed E-state index contributed by atoms with van der Waals surface area (Å²) in [6.45, 7) is 3.63. The van der Waals surface area contributed by atoms with Crippen LogP contribution in [-0.4, -0.2) is 38.7 Å². The molecule has 1 atom stereocenters. The third-order valence-electron chi connectivity index (χ3n) is 5.20. The van der Waals surface area contributed by atoms with Crippen molar-refractivity contribution in [2.24, 2.45) is 7.05 Å².